The molecule has 0 fully saturated rings. The highest BCUT2D eigenvalue weighted by molar-refractivity contribution is 7.15. The van der Waals surface area contributed by atoms with E-state index in [1.54, 1.807) is 11.3 Å². The molecule has 1 atom stereocenters. The van der Waals surface area contributed by atoms with Gasteiger partial charge in [-0.05, 0) is 26.3 Å². The largest absolute Gasteiger partial charge is 0.351 e. The van der Waals surface area contributed by atoms with E-state index in [4.69, 9.17) is 0 Å². The number of anilines is 1. The van der Waals surface area contributed by atoms with Crippen molar-refractivity contribution in [3.63, 3.8) is 0 Å². The molecule has 1 N–H and O–H groups in total. The summed E-state index contributed by atoms with van der Waals surface area (Å²) >= 11 is 1.79. The fourth-order valence-corrected chi connectivity index (χ4v) is 2.47. The summed E-state index contributed by atoms with van der Waals surface area (Å²) in [5.74, 6) is 0. The third-order valence-corrected chi connectivity index (χ3v) is 3.82. The van der Waals surface area contributed by atoms with E-state index < -0.39 is 0 Å². The highest BCUT2D eigenvalue weighted by Crippen LogP contribution is 2.26. The van der Waals surface area contributed by atoms with E-state index in [1.165, 1.54) is 11.3 Å². The Bertz CT molecular complexity index is 298. The molecule has 0 saturated carbocycles. The molecule has 4 heteroatoms. The summed E-state index contributed by atoms with van der Waals surface area (Å²) in [6.45, 7) is 8.72. The molecular formula is C12H23N3S. The van der Waals surface area contributed by atoms with Crippen molar-refractivity contribution in [3.8, 4) is 0 Å². The minimum atomic E-state index is 0.418. The van der Waals surface area contributed by atoms with Gasteiger partial charge in [-0.15, -0.1) is 11.3 Å². The Morgan fingerprint density at radius 3 is 2.81 bits per heavy atom. The van der Waals surface area contributed by atoms with Crippen LogP contribution in [-0.2, 0) is 0 Å². The number of nitrogens with zero attached hydrogens (tertiary/aromatic N) is 2. The molecule has 1 unspecified atom stereocenters. The molecule has 16 heavy (non-hydrogen) atoms. The number of nitrogens with one attached hydrogen (secondary N) is 1. The van der Waals surface area contributed by atoms with E-state index in [2.05, 4.69) is 43.0 Å². The van der Waals surface area contributed by atoms with Crippen molar-refractivity contribution in [3.05, 3.63) is 11.1 Å². The maximum Gasteiger partial charge on any atom is 0.185 e. The zero-order valence-corrected chi connectivity index (χ0v) is 11.6. The number of aromatic nitrogens is 1. The predicted molar refractivity (Wildman–Crippen MR) is 72.4 cm³/mol. The van der Waals surface area contributed by atoms with Gasteiger partial charge in [0.2, 0.25) is 0 Å². The van der Waals surface area contributed by atoms with Crippen molar-refractivity contribution < 1.29 is 0 Å². The smallest absolute Gasteiger partial charge is 0.185 e. The van der Waals surface area contributed by atoms with Crippen LogP contribution in [0.1, 0.15) is 44.5 Å². The maximum absolute atomic E-state index is 4.47. The number of hydrogen-bond donors (Lipinski definition) is 1. The van der Waals surface area contributed by atoms with Gasteiger partial charge in [0.1, 0.15) is 0 Å². The van der Waals surface area contributed by atoms with Crippen LogP contribution in [0.15, 0.2) is 6.20 Å². The second-order valence-electron chi connectivity index (χ2n) is 4.14. The third-order valence-electron chi connectivity index (χ3n) is 2.52. The van der Waals surface area contributed by atoms with E-state index in [1.807, 2.05) is 6.20 Å². The van der Waals surface area contributed by atoms with Gasteiger partial charge in [0.25, 0.3) is 0 Å². The monoisotopic (exact) mass is 241 g/mol. The summed E-state index contributed by atoms with van der Waals surface area (Å²) in [6, 6.07) is 0.418. The Hall–Kier alpha value is -0.610. The molecule has 0 amide bonds. The Labute approximate surface area is 103 Å². The van der Waals surface area contributed by atoms with Gasteiger partial charge in [0, 0.05) is 30.7 Å². The van der Waals surface area contributed by atoms with E-state index in [9.17, 15) is 0 Å². The van der Waals surface area contributed by atoms with Crippen molar-refractivity contribution in [2.45, 2.75) is 39.7 Å². The predicted octanol–water partition coefficient (Wildman–Crippen LogP) is 3.05. The lowest BCUT2D eigenvalue weighted by molar-refractivity contribution is 0.577. The highest BCUT2D eigenvalue weighted by atomic mass is 32.1. The minimum absolute atomic E-state index is 0.418. The molecule has 1 aromatic heterocycles. The van der Waals surface area contributed by atoms with Crippen LogP contribution >= 0.6 is 11.3 Å². The second-order valence-corrected chi connectivity index (χ2v) is 5.18. The van der Waals surface area contributed by atoms with E-state index in [0.29, 0.717) is 6.04 Å². The van der Waals surface area contributed by atoms with Gasteiger partial charge >= 0.3 is 0 Å². The molecule has 92 valence electrons. The first-order valence-corrected chi connectivity index (χ1v) is 6.90. The quantitative estimate of drug-likeness (QED) is 0.795. The van der Waals surface area contributed by atoms with Crippen molar-refractivity contribution in [1.29, 1.82) is 0 Å². The van der Waals surface area contributed by atoms with Gasteiger partial charge in [-0.25, -0.2) is 4.98 Å². The fraction of sp³-hybridized carbons (Fsp3) is 0.750. The maximum atomic E-state index is 4.47. The topological polar surface area (TPSA) is 28.2 Å². The van der Waals surface area contributed by atoms with Gasteiger partial charge in [0.15, 0.2) is 5.13 Å². The Balaban J connectivity index is 2.56. The summed E-state index contributed by atoms with van der Waals surface area (Å²) in [4.78, 5) is 8.02. The zero-order chi connectivity index (χ0) is 12.0. The second kappa shape index (κ2) is 6.86. The summed E-state index contributed by atoms with van der Waals surface area (Å²) < 4.78 is 0. The van der Waals surface area contributed by atoms with Crippen LogP contribution in [0.3, 0.4) is 0 Å². The van der Waals surface area contributed by atoms with Gasteiger partial charge in [-0.2, -0.15) is 0 Å². The molecule has 0 saturated heterocycles. The Kier molecular flexibility index (Phi) is 5.77. The van der Waals surface area contributed by atoms with Crippen molar-refractivity contribution in [2.75, 3.05) is 25.0 Å². The van der Waals surface area contributed by atoms with Crippen LogP contribution in [0.5, 0.6) is 0 Å². The van der Waals surface area contributed by atoms with Crippen molar-refractivity contribution in [2.24, 2.45) is 0 Å². The third kappa shape index (κ3) is 3.76. The first kappa shape index (κ1) is 13.5. The average Bonchev–Trinajstić information content (AvgIpc) is 2.75. The molecule has 0 aliphatic rings. The normalized spacial score (nSPS) is 12.8. The van der Waals surface area contributed by atoms with Crippen LogP contribution in [0.2, 0.25) is 0 Å². The average molecular weight is 241 g/mol. The zero-order valence-electron chi connectivity index (χ0n) is 10.8. The molecule has 3 nitrogen and oxygen atoms in total. The van der Waals surface area contributed by atoms with E-state index >= 15 is 0 Å². The Morgan fingerprint density at radius 1 is 1.44 bits per heavy atom. The van der Waals surface area contributed by atoms with Crippen LogP contribution in [-0.4, -0.2) is 25.1 Å². The van der Waals surface area contributed by atoms with Crippen LogP contribution < -0.4 is 10.2 Å². The first-order chi connectivity index (χ1) is 7.69. The van der Waals surface area contributed by atoms with Gasteiger partial charge in [0.05, 0.1) is 0 Å². The molecule has 0 aliphatic carbocycles. The van der Waals surface area contributed by atoms with Gasteiger partial charge in [-0.3, -0.25) is 0 Å². The summed E-state index contributed by atoms with van der Waals surface area (Å²) in [5, 5.41) is 4.61. The van der Waals surface area contributed by atoms with E-state index in [0.717, 1.165) is 24.6 Å². The molecule has 1 aromatic rings. The van der Waals surface area contributed by atoms with Gasteiger partial charge in [-0.1, -0.05) is 13.8 Å². The number of hydrogen-bond acceptors (Lipinski definition) is 4. The fourth-order valence-electron chi connectivity index (χ4n) is 1.55. The molecule has 1 rings (SSSR count). The molecule has 0 aliphatic heterocycles. The molecule has 0 radical (unpaired) electrons. The number of thiazole rings is 1. The van der Waals surface area contributed by atoms with Crippen LogP contribution in [0.4, 0.5) is 5.13 Å². The highest BCUT2D eigenvalue weighted by Gasteiger charge is 2.10. The Morgan fingerprint density at radius 2 is 2.19 bits per heavy atom. The van der Waals surface area contributed by atoms with Crippen LogP contribution in [0.25, 0.3) is 0 Å². The molecule has 1 heterocycles. The number of rotatable bonds is 7. The molecular weight excluding hydrogens is 218 g/mol. The van der Waals surface area contributed by atoms with Crippen molar-refractivity contribution in [1.82, 2.24) is 10.3 Å². The lowest BCUT2D eigenvalue weighted by Crippen LogP contribution is -2.18. The lowest BCUT2D eigenvalue weighted by atomic mass is 10.3. The first-order valence-electron chi connectivity index (χ1n) is 6.09. The summed E-state index contributed by atoms with van der Waals surface area (Å²) in [5.41, 5.74) is 0. The summed E-state index contributed by atoms with van der Waals surface area (Å²) in [6.07, 6.45) is 4.33. The van der Waals surface area contributed by atoms with Gasteiger partial charge < -0.3 is 10.2 Å². The van der Waals surface area contributed by atoms with Crippen LogP contribution in [0, 0.1) is 0 Å². The standard InChI is InChI=1S/C12H23N3S/c1-5-7-13-10(3)11-9-14-12(16-11)15(4)8-6-2/h9-10,13H,5-8H2,1-4H3. The SMILES string of the molecule is CCCNC(C)c1cnc(N(C)CCC)s1. The summed E-state index contributed by atoms with van der Waals surface area (Å²) in [7, 11) is 2.11. The molecule has 0 aromatic carbocycles. The molecule has 0 bridgehead atoms. The minimum Gasteiger partial charge on any atom is -0.351 e. The van der Waals surface area contributed by atoms with E-state index in [-0.39, 0.29) is 0 Å². The molecule has 0 spiro atoms. The lowest BCUT2D eigenvalue weighted by Gasteiger charge is -2.14. The van der Waals surface area contributed by atoms with Crippen molar-refractivity contribution >= 4 is 16.5 Å².